The Kier molecular flexibility index (Phi) is 5.71. The molecule has 1 aliphatic rings. The molecule has 1 fully saturated rings. The van der Waals surface area contributed by atoms with Gasteiger partial charge in [0.1, 0.15) is 0 Å². The number of hydrogen-bond acceptors (Lipinski definition) is 4. The highest BCUT2D eigenvalue weighted by Gasteiger charge is 2.22. The summed E-state index contributed by atoms with van der Waals surface area (Å²) in [6, 6.07) is 9.13. The normalized spacial score (nSPS) is 18.2. The van der Waals surface area contributed by atoms with Crippen molar-refractivity contribution in [2.75, 3.05) is 31.2 Å². The highest BCUT2D eigenvalue weighted by molar-refractivity contribution is 5.94. The van der Waals surface area contributed by atoms with Gasteiger partial charge in [-0.2, -0.15) is 0 Å². The first-order valence-electron chi connectivity index (χ1n) is 7.05. The van der Waals surface area contributed by atoms with E-state index < -0.39 is 5.97 Å². The number of benzene rings is 1. The van der Waals surface area contributed by atoms with Crippen LogP contribution < -0.4 is 10.2 Å². The van der Waals surface area contributed by atoms with E-state index in [1.807, 2.05) is 30.3 Å². The van der Waals surface area contributed by atoms with Crippen molar-refractivity contribution in [2.24, 2.45) is 0 Å². The number of carbonyl (C=O) groups excluding carboxylic acids is 1. The molecule has 1 heterocycles. The molecule has 0 radical (unpaired) electrons. The number of aliphatic carboxylic acids is 1. The lowest BCUT2D eigenvalue weighted by molar-refractivity contribution is -0.136. The van der Waals surface area contributed by atoms with E-state index in [-0.39, 0.29) is 24.9 Å². The number of ether oxygens (including phenoxy) is 1. The number of carbonyl (C=O) groups is 2. The van der Waals surface area contributed by atoms with Crippen LogP contribution in [0, 0.1) is 0 Å². The van der Waals surface area contributed by atoms with Gasteiger partial charge in [0.05, 0.1) is 19.6 Å². The van der Waals surface area contributed by atoms with E-state index in [4.69, 9.17) is 9.84 Å². The van der Waals surface area contributed by atoms with Crippen molar-refractivity contribution >= 4 is 17.6 Å². The van der Waals surface area contributed by atoms with E-state index in [1.54, 1.807) is 0 Å². The van der Waals surface area contributed by atoms with Gasteiger partial charge < -0.3 is 20.1 Å². The van der Waals surface area contributed by atoms with E-state index >= 15 is 0 Å². The summed E-state index contributed by atoms with van der Waals surface area (Å²) in [5.41, 5.74) is 0.723. The molecule has 114 valence electrons. The fourth-order valence-electron chi connectivity index (χ4n) is 2.28. The summed E-state index contributed by atoms with van der Waals surface area (Å²) in [4.78, 5) is 24.8. The highest BCUT2D eigenvalue weighted by atomic mass is 16.5. The number of carboxylic acids is 1. The SMILES string of the molecule is O=C(O)CCN(C(=O)CC1COCCN1)c1ccccc1. The van der Waals surface area contributed by atoms with Gasteiger partial charge in [-0.15, -0.1) is 0 Å². The Bertz CT molecular complexity index is 472. The lowest BCUT2D eigenvalue weighted by atomic mass is 10.1. The van der Waals surface area contributed by atoms with Crippen LogP contribution in [-0.2, 0) is 14.3 Å². The number of nitrogens with zero attached hydrogens (tertiary/aromatic N) is 1. The van der Waals surface area contributed by atoms with Gasteiger partial charge in [0, 0.05) is 31.2 Å². The summed E-state index contributed by atoms with van der Waals surface area (Å²) < 4.78 is 5.34. The van der Waals surface area contributed by atoms with Gasteiger partial charge in [0.2, 0.25) is 5.91 Å². The zero-order valence-corrected chi connectivity index (χ0v) is 11.8. The zero-order chi connectivity index (χ0) is 15.1. The van der Waals surface area contributed by atoms with Gasteiger partial charge in [-0.25, -0.2) is 0 Å². The minimum absolute atomic E-state index is 0.0118. The number of carboxylic acid groups (broad SMARTS) is 1. The van der Waals surface area contributed by atoms with Crippen LogP contribution in [-0.4, -0.2) is 49.3 Å². The lowest BCUT2D eigenvalue weighted by Crippen LogP contribution is -2.45. The molecule has 1 aliphatic heterocycles. The number of nitrogens with one attached hydrogen (secondary N) is 1. The molecule has 0 bridgehead atoms. The Morgan fingerprint density at radius 3 is 2.71 bits per heavy atom. The molecule has 6 heteroatoms. The minimum atomic E-state index is -0.914. The summed E-state index contributed by atoms with van der Waals surface area (Å²) >= 11 is 0. The second-order valence-electron chi connectivity index (χ2n) is 4.95. The lowest BCUT2D eigenvalue weighted by Gasteiger charge is -2.27. The number of morpholine rings is 1. The van der Waals surface area contributed by atoms with E-state index in [2.05, 4.69) is 5.32 Å². The third-order valence-corrected chi connectivity index (χ3v) is 3.34. The maximum absolute atomic E-state index is 12.5. The zero-order valence-electron chi connectivity index (χ0n) is 11.8. The first kappa shape index (κ1) is 15.5. The molecule has 1 amide bonds. The maximum atomic E-state index is 12.5. The molecule has 1 aromatic rings. The minimum Gasteiger partial charge on any atom is -0.481 e. The van der Waals surface area contributed by atoms with Crippen molar-refractivity contribution in [1.82, 2.24) is 5.32 Å². The molecular formula is C15H20N2O4. The second-order valence-corrected chi connectivity index (χ2v) is 4.95. The maximum Gasteiger partial charge on any atom is 0.305 e. The van der Waals surface area contributed by atoms with Crippen molar-refractivity contribution < 1.29 is 19.4 Å². The molecule has 21 heavy (non-hydrogen) atoms. The van der Waals surface area contributed by atoms with Crippen molar-refractivity contribution in [3.63, 3.8) is 0 Å². The summed E-state index contributed by atoms with van der Waals surface area (Å²) in [6.07, 6.45) is 0.226. The summed E-state index contributed by atoms with van der Waals surface area (Å²) in [6.45, 7) is 2.07. The molecule has 2 N–H and O–H groups in total. The van der Waals surface area contributed by atoms with Crippen LogP contribution in [0.5, 0.6) is 0 Å². The predicted octanol–water partition coefficient (Wildman–Crippen LogP) is 0.873. The summed E-state index contributed by atoms with van der Waals surface area (Å²) in [5, 5.41) is 12.1. The molecule has 1 atom stereocenters. The fraction of sp³-hybridized carbons (Fsp3) is 0.467. The molecule has 2 rings (SSSR count). The van der Waals surface area contributed by atoms with Crippen LogP contribution in [0.4, 0.5) is 5.69 Å². The van der Waals surface area contributed by atoms with E-state index in [0.29, 0.717) is 19.6 Å². The Hall–Kier alpha value is -1.92. The average molecular weight is 292 g/mol. The fourth-order valence-corrected chi connectivity index (χ4v) is 2.28. The van der Waals surface area contributed by atoms with Gasteiger partial charge in [-0.05, 0) is 12.1 Å². The first-order chi connectivity index (χ1) is 10.2. The van der Waals surface area contributed by atoms with Gasteiger partial charge in [0.15, 0.2) is 0 Å². The van der Waals surface area contributed by atoms with Crippen molar-refractivity contribution in [2.45, 2.75) is 18.9 Å². The van der Waals surface area contributed by atoms with E-state index in [9.17, 15) is 9.59 Å². The molecular weight excluding hydrogens is 272 g/mol. The van der Waals surface area contributed by atoms with Crippen LogP contribution >= 0.6 is 0 Å². The Labute approximate surface area is 123 Å². The quantitative estimate of drug-likeness (QED) is 0.813. The average Bonchev–Trinajstić information content (AvgIpc) is 2.49. The molecule has 6 nitrogen and oxygen atoms in total. The summed E-state index contributed by atoms with van der Waals surface area (Å²) in [5.74, 6) is -1.01. The third-order valence-electron chi connectivity index (χ3n) is 3.34. The van der Waals surface area contributed by atoms with Crippen molar-refractivity contribution in [3.8, 4) is 0 Å². The monoisotopic (exact) mass is 292 g/mol. The number of amides is 1. The Morgan fingerprint density at radius 2 is 2.10 bits per heavy atom. The van der Waals surface area contributed by atoms with Crippen molar-refractivity contribution in [3.05, 3.63) is 30.3 Å². The van der Waals surface area contributed by atoms with Crippen LogP contribution in [0.25, 0.3) is 0 Å². The number of rotatable bonds is 6. The Morgan fingerprint density at radius 1 is 1.33 bits per heavy atom. The molecule has 1 unspecified atom stereocenters. The molecule has 0 aromatic heterocycles. The molecule has 0 saturated carbocycles. The third kappa shape index (κ3) is 4.84. The molecule has 1 saturated heterocycles. The van der Waals surface area contributed by atoms with Gasteiger partial charge in [-0.1, -0.05) is 18.2 Å². The summed E-state index contributed by atoms with van der Waals surface area (Å²) in [7, 11) is 0. The van der Waals surface area contributed by atoms with Gasteiger partial charge in [-0.3, -0.25) is 9.59 Å². The standard InChI is InChI=1S/C15H20N2O4/c18-14(10-12-11-21-9-7-16-12)17(8-6-15(19)20)13-4-2-1-3-5-13/h1-5,12,16H,6-11H2,(H,19,20). The van der Waals surface area contributed by atoms with Crippen LogP contribution in [0.15, 0.2) is 30.3 Å². The number of anilines is 1. The Balaban J connectivity index is 2.02. The predicted molar refractivity (Wildman–Crippen MR) is 78.3 cm³/mol. The van der Waals surface area contributed by atoms with Gasteiger partial charge >= 0.3 is 5.97 Å². The molecule has 0 spiro atoms. The number of hydrogen-bond donors (Lipinski definition) is 2. The molecule has 1 aromatic carbocycles. The number of para-hydroxylation sites is 1. The largest absolute Gasteiger partial charge is 0.481 e. The topological polar surface area (TPSA) is 78.9 Å². The van der Waals surface area contributed by atoms with Crippen molar-refractivity contribution in [1.29, 1.82) is 0 Å². The van der Waals surface area contributed by atoms with E-state index in [1.165, 1.54) is 4.90 Å². The van der Waals surface area contributed by atoms with Crippen LogP contribution in [0.3, 0.4) is 0 Å². The second kappa shape index (κ2) is 7.75. The van der Waals surface area contributed by atoms with E-state index in [0.717, 1.165) is 12.2 Å². The van der Waals surface area contributed by atoms with Gasteiger partial charge in [0.25, 0.3) is 0 Å². The first-order valence-corrected chi connectivity index (χ1v) is 7.05. The molecule has 0 aliphatic carbocycles. The van der Waals surface area contributed by atoms with Crippen LogP contribution in [0.1, 0.15) is 12.8 Å². The highest BCUT2D eigenvalue weighted by Crippen LogP contribution is 2.16. The van der Waals surface area contributed by atoms with Crippen LogP contribution in [0.2, 0.25) is 0 Å². The smallest absolute Gasteiger partial charge is 0.305 e.